The van der Waals surface area contributed by atoms with Crippen LogP contribution in [0.1, 0.15) is 27.0 Å². The molecule has 0 aliphatic carbocycles. The van der Waals surface area contributed by atoms with Crippen LogP contribution < -0.4 is 10.1 Å². The van der Waals surface area contributed by atoms with E-state index in [0.717, 1.165) is 46.0 Å². The molecule has 3 heterocycles. The number of nitrogens with zero attached hydrogens (tertiary/aromatic N) is 3. The predicted octanol–water partition coefficient (Wildman–Crippen LogP) is 4.21. The van der Waals surface area contributed by atoms with Crippen LogP contribution in [0.5, 0.6) is 5.75 Å². The number of carbonyl (C=O) groups excluding carboxylic acids is 1. The van der Waals surface area contributed by atoms with Gasteiger partial charge in [0.25, 0.3) is 5.91 Å². The summed E-state index contributed by atoms with van der Waals surface area (Å²) in [7, 11) is 1.67. The second-order valence-electron chi connectivity index (χ2n) is 8.31. The van der Waals surface area contributed by atoms with Crippen molar-refractivity contribution in [2.24, 2.45) is 0 Å². The van der Waals surface area contributed by atoms with Crippen LogP contribution in [0.2, 0.25) is 0 Å². The van der Waals surface area contributed by atoms with Gasteiger partial charge in [0.05, 0.1) is 42.6 Å². The Morgan fingerprint density at radius 2 is 1.88 bits per heavy atom. The van der Waals surface area contributed by atoms with Crippen LogP contribution >= 0.6 is 11.3 Å². The van der Waals surface area contributed by atoms with Crippen LogP contribution in [0.3, 0.4) is 0 Å². The molecule has 2 aromatic carbocycles. The summed E-state index contributed by atoms with van der Waals surface area (Å²) in [6.45, 7) is 5.57. The summed E-state index contributed by atoms with van der Waals surface area (Å²) >= 11 is 1.47. The number of morpholine rings is 1. The number of hydrogen-bond acceptors (Lipinski definition) is 6. The van der Waals surface area contributed by atoms with Crippen molar-refractivity contribution in [2.75, 3.05) is 40.0 Å². The second kappa shape index (κ2) is 9.97. The smallest absolute Gasteiger partial charge is 0.261 e. The van der Waals surface area contributed by atoms with E-state index in [1.165, 1.54) is 11.3 Å². The molecule has 0 bridgehead atoms. The Hall–Kier alpha value is -3.20. The molecule has 1 amide bonds. The van der Waals surface area contributed by atoms with Crippen molar-refractivity contribution in [1.82, 2.24) is 20.0 Å². The summed E-state index contributed by atoms with van der Waals surface area (Å²) < 4.78 is 12.8. The molecule has 0 saturated carbocycles. The first-order valence-electron chi connectivity index (χ1n) is 11.4. The summed E-state index contributed by atoms with van der Waals surface area (Å²) in [4.78, 5) is 17.2. The normalized spacial score (nSPS) is 15.4. The first-order chi connectivity index (χ1) is 16.6. The molecule has 176 valence electrons. The minimum absolute atomic E-state index is 0.0630. The van der Waals surface area contributed by atoms with Gasteiger partial charge in [-0.15, -0.1) is 11.3 Å². The Bertz CT molecular complexity index is 1260. The lowest BCUT2D eigenvalue weighted by Gasteiger charge is -2.35. The van der Waals surface area contributed by atoms with Crippen LogP contribution in [0, 0.1) is 6.92 Å². The van der Waals surface area contributed by atoms with Crippen molar-refractivity contribution in [3.05, 3.63) is 76.8 Å². The van der Waals surface area contributed by atoms with Gasteiger partial charge in [-0.05, 0) is 42.8 Å². The van der Waals surface area contributed by atoms with Crippen LogP contribution in [-0.2, 0) is 4.74 Å². The Morgan fingerprint density at radius 1 is 1.15 bits per heavy atom. The quantitative estimate of drug-likeness (QED) is 0.433. The first-order valence-corrected chi connectivity index (χ1v) is 12.2. The highest BCUT2D eigenvalue weighted by atomic mass is 32.1. The number of thiophene rings is 1. The topological polar surface area (TPSA) is 68.6 Å². The predicted molar refractivity (Wildman–Crippen MR) is 134 cm³/mol. The number of aryl methyl sites for hydroxylation is 1. The molecule has 1 N–H and O–H groups in total. The average Bonchev–Trinajstić information content (AvgIpc) is 3.46. The van der Waals surface area contributed by atoms with E-state index in [9.17, 15) is 4.79 Å². The third-order valence-electron chi connectivity index (χ3n) is 6.21. The van der Waals surface area contributed by atoms with Gasteiger partial charge < -0.3 is 14.8 Å². The fourth-order valence-electron chi connectivity index (χ4n) is 4.35. The lowest BCUT2D eigenvalue weighted by molar-refractivity contribution is 0.0162. The number of ether oxygens (including phenoxy) is 2. The number of rotatable bonds is 7. The first kappa shape index (κ1) is 22.6. The van der Waals surface area contributed by atoms with Gasteiger partial charge in [-0.25, -0.2) is 4.68 Å². The lowest BCUT2D eigenvalue weighted by Crippen LogP contribution is -2.43. The van der Waals surface area contributed by atoms with Gasteiger partial charge in [-0.2, -0.15) is 5.10 Å². The maximum atomic E-state index is 13.2. The second-order valence-corrected chi connectivity index (χ2v) is 9.34. The monoisotopic (exact) mass is 476 g/mol. The van der Waals surface area contributed by atoms with E-state index in [0.29, 0.717) is 24.6 Å². The molecule has 5 rings (SSSR count). The van der Waals surface area contributed by atoms with Crippen LogP contribution in [-0.4, -0.2) is 60.5 Å². The molecule has 2 aromatic heterocycles. The Balaban J connectivity index is 1.36. The van der Waals surface area contributed by atoms with Crippen molar-refractivity contribution in [1.29, 1.82) is 0 Å². The summed E-state index contributed by atoms with van der Waals surface area (Å²) in [5, 5.41) is 8.87. The maximum absolute atomic E-state index is 13.2. The number of nitrogens with one attached hydrogen (secondary N) is 1. The van der Waals surface area contributed by atoms with E-state index in [1.54, 1.807) is 7.11 Å². The number of methoxy groups -OCH3 is 1. The molecule has 7 nitrogen and oxygen atoms in total. The van der Waals surface area contributed by atoms with Crippen LogP contribution in [0.15, 0.2) is 60.7 Å². The fraction of sp³-hybridized carbons (Fsp3) is 0.308. The van der Waals surface area contributed by atoms with Crippen molar-refractivity contribution in [3.63, 3.8) is 0 Å². The van der Waals surface area contributed by atoms with E-state index in [1.807, 2.05) is 60.1 Å². The molecule has 0 radical (unpaired) electrons. The van der Waals surface area contributed by atoms with Crippen molar-refractivity contribution in [3.8, 4) is 11.4 Å². The number of carbonyl (C=O) groups is 1. The minimum atomic E-state index is -0.0630. The van der Waals surface area contributed by atoms with Crippen molar-refractivity contribution in [2.45, 2.75) is 13.0 Å². The van der Waals surface area contributed by atoms with Gasteiger partial charge in [-0.1, -0.05) is 30.3 Å². The van der Waals surface area contributed by atoms with Gasteiger partial charge in [0.2, 0.25) is 0 Å². The molecule has 8 heteroatoms. The number of fused-ring (bicyclic) bond motifs is 1. The molecular weight excluding hydrogens is 448 g/mol. The largest absolute Gasteiger partial charge is 0.497 e. The molecule has 1 aliphatic heterocycles. The number of benzene rings is 2. The van der Waals surface area contributed by atoms with E-state index in [-0.39, 0.29) is 11.9 Å². The molecule has 1 atom stereocenters. The summed E-state index contributed by atoms with van der Waals surface area (Å²) in [5.74, 6) is 0.758. The highest BCUT2D eigenvalue weighted by Crippen LogP contribution is 2.31. The molecule has 1 aliphatic rings. The zero-order chi connectivity index (χ0) is 23.5. The maximum Gasteiger partial charge on any atom is 0.261 e. The van der Waals surface area contributed by atoms with Crippen molar-refractivity contribution < 1.29 is 14.3 Å². The van der Waals surface area contributed by atoms with E-state index in [2.05, 4.69) is 27.4 Å². The fourth-order valence-corrected chi connectivity index (χ4v) is 5.45. The summed E-state index contributed by atoms with van der Waals surface area (Å²) in [6.07, 6.45) is 0. The van der Waals surface area contributed by atoms with Gasteiger partial charge in [0.15, 0.2) is 0 Å². The molecule has 1 saturated heterocycles. The van der Waals surface area contributed by atoms with Gasteiger partial charge in [-0.3, -0.25) is 9.69 Å². The zero-order valence-electron chi connectivity index (χ0n) is 19.4. The Kier molecular flexibility index (Phi) is 6.62. The van der Waals surface area contributed by atoms with E-state index >= 15 is 0 Å². The van der Waals surface area contributed by atoms with E-state index < -0.39 is 0 Å². The number of amides is 1. The molecule has 34 heavy (non-hydrogen) atoms. The van der Waals surface area contributed by atoms with E-state index in [4.69, 9.17) is 9.47 Å². The molecule has 0 spiro atoms. The van der Waals surface area contributed by atoms with Gasteiger partial charge in [0.1, 0.15) is 10.6 Å². The zero-order valence-corrected chi connectivity index (χ0v) is 20.2. The summed E-state index contributed by atoms with van der Waals surface area (Å²) in [6, 6.07) is 20.1. The Labute approximate surface area is 202 Å². The highest BCUT2D eigenvalue weighted by Gasteiger charge is 2.24. The van der Waals surface area contributed by atoms with Gasteiger partial charge in [0, 0.05) is 25.0 Å². The minimum Gasteiger partial charge on any atom is -0.497 e. The Morgan fingerprint density at radius 3 is 2.59 bits per heavy atom. The number of aromatic nitrogens is 2. The molecule has 4 aromatic rings. The third-order valence-corrected chi connectivity index (χ3v) is 7.32. The highest BCUT2D eigenvalue weighted by molar-refractivity contribution is 7.20. The molecule has 1 unspecified atom stereocenters. The SMILES string of the molecule is COc1ccc(C(CNC(=O)c2cc3c(C)nn(-c4ccccc4)c3s2)N2CCOCC2)cc1. The van der Waals surface area contributed by atoms with Crippen LogP contribution in [0.25, 0.3) is 15.9 Å². The number of para-hydroxylation sites is 1. The lowest BCUT2D eigenvalue weighted by atomic mass is 10.0. The van der Waals surface area contributed by atoms with Crippen molar-refractivity contribution >= 4 is 27.5 Å². The van der Waals surface area contributed by atoms with Crippen LogP contribution in [0.4, 0.5) is 0 Å². The standard InChI is InChI=1S/C26H28N4O3S/c1-18-22-16-24(34-26(22)30(28-18)20-6-4-3-5-7-20)25(31)27-17-23(29-12-14-33-15-13-29)19-8-10-21(32-2)11-9-19/h3-11,16,23H,12-15,17H2,1-2H3,(H,27,31). The third kappa shape index (κ3) is 4.57. The summed E-state index contributed by atoms with van der Waals surface area (Å²) in [5.41, 5.74) is 3.05. The molecule has 1 fully saturated rings. The number of hydrogen-bond donors (Lipinski definition) is 1. The molecular formula is C26H28N4O3S. The average molecular weight is 477 g/mol. The van der Waals surface area contributed by atoms with Gasteiger partial charge >= 0.3 is 0 Å².